The lowest BCUT2D eigenvalue weighted by Gasteiger charge is -2.33. The quantitative estimate of drug-likeness (QED) is 0.731. The van der Waals surface area contributed by atoms with E-state index in [1.807, 2.05) is 31.2 Å². The lowest BCUT2D eigenvalue weighted by molar-refractivity contribution is -0.125. The number of hydrogen-bond donors (Lipinski definition) is 0. The summed E-state index contributed by atoms with van der Waals surface area (Å²) in [5, 5.41) is 0. The number of carbonyl (C=O) groups is 3. The first-order valence-corrected chi connectivity index (χ1v) is 10.2. The van der Waals surface area contributed by atoms with Crippen LogP contribution in [0.5, 0.6) is 0 Å². The van der Waals surface area contributed by atoms with E-state index in [1.54, 1.807) is 32.9 Å². The molecule has 0 fully saturated rings. The third-order valence-corrected chi connectivity index (χ3v) is 5.25. The molecule has 2 unspecified atom stereocenters. The molecule has 29 heavy (non-hydrogen) atoms. The van der Waals surface area contributed by atoms with Gasteiger partial charge in [0.2, 0.25) is 0 Å². The zero-order valence-corrected chi connectivity index (χ0v) is 17.6. The Bertz CT molecular complexity index is 858. The van der Waals surface area contributed by atoms with Crippen LogP contribution in [-0.4, -0.2) is 34.3 Å². The molecule has 0 aromatic heterocycles. The minimum atomic E-state index is -0.692. The molecule has 154 valence electrons. The van der Waals surface area contributed by atoms with Crippen LogP contribution in [-0.2, 0) is 14.3 Å². The third-order valence-electron chi connectivity index (χ3n) is 5.25. The van der Waals surface area contributed by atoms with E-state index >= 15 is 0 Å². The first-order valence-electron chi connectivity index (χ1n) is 10.2. The van der Waals surface area contributed by atoms with Gasteiger partial charge in [-0.3, -0.25) is 9.59 Å². The van der Waals surface area contributed by atoms with Crippen molar-refractivity contribution in [3.63, 3.8) is 0 Å². The van der Waals surface area contributed by atoms with E-state index in [1.165, 1.54) is 11.0 Å². The van der Waals surface area contributed by atoms with E-state index in [-0.39, 0.29) is 17.6 Å². The van der Waals surface area contributed by atoms with E-state index in [4.69, 9.17) is 4.74 Å². The van der Waals surface area contributed by atoms with Crippen LogP contribution in [0.15, 0.2) is 48.1 Å². The van der Waals surface area contributed by atoms with Gasteiger partial charge in [0, 0.05) is 18.4 Å². The van der Waals surface area contributed by atoms with Crippen molar-refractivity contribution >= 4 is 17.8 Å². The number of allylic oxidation sites excluding steroid dienone is 2. The average molecular weight is 395 g/mol. The van der Waals surface area contributed by atoms with Gasteiger partial charge in [-0.2, -0.15) is 0 Å². The van der Waals surface area contributed by atoms with Gasteiger partial charge in [-0.05, 0) is 58.6 Å². The molecule has 2 atom stereocenters. The van der Waals surface area contributed by atoms with Crippen LogP contribution in [0.3, 0.4) is 0 Å². The molecule has 1 heterocycles. The van der Waals surface area contributed by atoms with Gasteiger partial charge in [0.15, 0.2) is 5.78 Å². The minimum Gasteiger partial charge on any atom is -0.443 e. The Morgan fingerprint density at radius 2 is 1.86 bits per heavy atom. The summed E-state index contributed by atoms with van der Waals surface area (Å²) in [7, 11) is 0. The highest BCUT2D eigenvalue weighted by molar-refractivity contribution is 6.01. The van der Waals surface area contributed by atoms with Crippen LogP contribution in [0.2, 0.25) is 0 Å². The molecule has 0 N–H and O–H groups in total. The zero-order valence-electron chi connectivity index (χ0n) is 17.6. The number of rotatable bonds is 4. The average Bonchev–Trinajstić information content (AvgIpc) is 3.01. The van der Waals surface area contributed by atoms with Crippen molar-refractivity contribution in [2.75, 3.05) is 0 Å². The van der Waals surface area contributed by atoms with Gasteiger partial charge in [0.05, 0.1) is 6.04 Å². The second-order valence-corrected chi connectivity index (χ2v) is 8.88. The minimum absolute atomic E-state index is 0.136. The van der Waals surface area contributed by atoms with Crippen molar-refractivity contribution < 1.29 is 19.1 Å². The highest BCUT2D eigenvalue weighted by Gasteiger charge is 2.40. The van der Waals surface area contributed by atoms with Gasteiger partial charge < -0.3 is 4.74 Å². The summed E-state index contributed by atoms with van der Waals surface area (Å²) in [4.78, 5) is 38.4. The van der Waals surface area contributed by atoms with Crippen molar-refractivity contribution in [2.45, 2.75) is 70.9 Å². The molecule has 2 amide bonds. The molecule has 1 aromatic carbocycles. The van der Waals surface area contributed by atoms with Gasteiger partial charge in [-0.15, -0.1) is 0 Å². The molecule has 1 aliphatic carbocycles. The molecule has 3 rings (SSSR count). The van der Waals surface area contributed by atoms with Crippen LogP contribution in [0.25, 0.3) is 0 Å². The van der Waals surface area contributed by atoms with Crippen molar-refractivity contribution in [3.8, 4) is 0 Å². The first-order chi connectivity index (χ1) is 13.6. The second-order valence-electron chi connectivity index (χ2n) is 8.88. The molecule has 1 aliphatic heterocycles. The third kappa shape index (κ3) is 5.22. The maximum Gasteiger partial charge on any atom is 0.417 e. The highest BCUT2D eigenvalue weighted by Crippen LogP contribution is 2.36. The monoisotopic (exact) mass is 395 g/mol. The molecule has 5 heteroatoms. The summed E-state index contributed by atoms with van der Waals surface area (Å²) in [6, 6.07) is 7.68. The summed E-state index contributed by atoms with van der Waals surface area (Å²) < 4.78 is 5.49. The summed E-state index contributed by atoms with van der Waals surface area (Å²) >= 11 is 0. The van der Waals surface area contributed by atoms with E-state index in [2.05, 4.69) is 0 Å². The van der Waals surface area contributed by atoms with Crippen LogP contribution < -0.4 is 0 Å². The van der Waals surface area contributed by atoms with Crippen molar-refractivity contribution in [3.05, 3.63) is 59.2 Å². The van der Waals surface area contributed by atoms with Crippen molar-refractivity contribution in [1.82, 2.24) is 4.90 Å². The van der Waals surface area contributed by atoms with Gasteiger partial charge in [0.1, 0.15) is 5.60 Å². The predicted molar refractivity (Wildman–Crippen MR) is 111 cm³/mol. The fourth-order valence-corrected chi connectivity index (χ4v) is 3.89. The number of carbonyl (C=O) groups excluding carboxylic acids is 3. The van der Waals surface area contributed by atoms with Gasteiger partial charge in [-0.25, -0.2) is 9.69 Å². The summed E-state index contributed by atoms with van der Waals surface area (Å²) in [5.74, 6) is -0.353. The molecule has 1 aromatic rings. The number of amides is 2. The van der Waals surface area contributed by atoms with Crippen LogP contribution >= 0.6 is 0 Å². The van der Waals surface area contributed by atoms with E-state index in [0.717, 1.165) is 29.5 Å². The van der Waals surface area contributed by atoms with E-state index in [9.17, 15) is 14.4 Å². The Morgan fingerprint density at radius 3 is 2.48 bits per heavy atom. The largest absolute Gasteiger partial charge is 0.443 e. The highest BCUT2D eigenvalue weighted by atomic mass is 16.6. The summed E-state index contributed by atoms with van der Waals surface area (Å²) in [5.41, 5.74) is 2.56. The number of imide groups is 1. The maximum atomic E-state index is 12.8. The SMILES string of the molecule is Cc1ccc(C(CC2=CC(=O)CCC2)C2C=CC(=O)N2C(=O)OC(C)(C)C)cc1. The molecule has 0 radical (unpaired) electrons. The number of ketones is 1. The lowest BCUT2D eigenvalue weighted by Crippen LogP contribution is -2.45. The van der Waals surface area contributed by atoms with Crippen molar-refractivity contribution in [2.24, 2.45) is 0 Å². The van der Waals surface area contributed by atoms with Crippen LogP contribution in [0.1, 0.15) is 63.5 Å². The first kappa shape index (κ1) is 21.0. The van der Waals surface area contributed by atoms with Gasteiger partial charge in [0.25, 0.3) is 5.91 Å². The molecule has 0 bridgehead atoms. The van der Waals surface area contributed by atoms with Gasteiger partial charge in [-0.1, -0.05) is 41.5 Å². The number of nitrogens with zero attached hydrogens (tertiary/aromatic N) is 1. The number of benzene rings is 1. The zero-order chi connectivity index (χ0) is 21.2. The summed E-state index contributed by atoms with van der Waals surface area (Å²) in [6.45, 7) is 7.37. The normalized spacial score (nSPS) is 20.6. The fraction of sp³-hybridized carbons (Fsp3) is 0.458. The number of ether oxygens (including phenoxy) is 1. The number of aryl methyl sites for hydroxylation is 1. The van der Waals surface area contributed by atoms with E-state index in [0.29, 0.717) is 12.8 Å². The Hall–Kier alpha value is -2.69. The molecule has 0 saturated carbocycles. The topological polar surface area (TPSA) is 63.7 Å². The van der Waals surface area contributed by atoms with Crippen molar-refractivity contribution in [1.29, 1.82) is 0 Å². The van der Waals surface area contributed by atoms with Crippen LogP contribution in [0.4, 0.5) is 4.79 Å². The lowest BCUT2D eigenvalue weighted by atomic mass is 9.82. The van der Waals surface area contributed by atoms with Gasteiger partial charge >= 0.3 is 6.09 Å². The molecule has 0 saturated heterocycles. The Morgan fingerprint density at radius 1 is 1.17 bits per heavy atom. The van der Waals surface area contributed by atoms with Crippen LogP contribution in [0, 0.1) is 6.92 Å². The fourth-order valence-electron chi connectivity index (χ4n) is 3.89. The second kappa shape index (κ2) is 8.36. The summed E-state index contributed by atoms with van der Waals surface area (Å²) in [6.07, 6.45) is 7.25. The molecule has 2 aliphatic rings. The molecule has 5 nitrogen and oxygen atoms in total. The predicted octanol–water partition coefficient (Wildman–Crippen LogP) is 4.85. The molecule has 0 spiro atoms. The maximum absolute atomic E-state index is 12.8. The Kier molecular flexibility index (Phi) is 6.06. The molecular weight excluding hydrogens is 366 g/mol. The Balaban J connectivity index is 1.94. The number of hydrogen-bond acceptors (Lipinski definition) is 4. The van der Waals surface area contributed by atoms with E-state index < -0.39 is 17.7 Å². The standard InChI is InChI=1S/C24H29NO4/c1-16-8-10-18(11-9-16)20(15-17-6-5-7-19(26)14-17)21-12-13-22(27)25(21)23(28)29-24(2,3)4/h8-14,20-21H,5-7,15H2,1-4H3. The smallest absolute Gasteiger partial charge is 0.417 e. The Labute approximate surface area is 172 Å². The molecular formula is C24H29NO4.